The molecule has 0 spiro atoms. The van der Waals surface area contributed by atoms with Gasteiger partial charge in [-0.1, -0.05) is 6.07 Å². The molecule has 7 nitrogen and oxygen atoms in total. The van der Waals surface area contributed by atoms with E-state index in [0.717, 1.165) is 6.07 Å². The molecule has 2 aromatic rings. The van der Waals surface area contributed by atoms with Gasteiger partial charge in [0.15, 0.2) is 12.4 Å². The Morgan fingerprint density at radius 1 is 1.32 bits per heavy atom. The van der Waals surface area contributed by atoms with Gasteiger partial charge in [0.05, 0.1) is 22.5 Å². The Kier molecular flexibility index (Phi) is 4.84. The first-order chi connectivity index (χ1) is 10.5. The molecule has 0 amide bonds. The standard InChI is InChI=1S/C14H11NO6S/c1-20-12-5-4-9(7-10(12)15(18)19)14(17)21-8-11(16)13-3-2-6-22-13/h2-7H,8H2,1H3. The molecular weight excluding hydrogens is 310 g/mol. The summed E-state index contributed by atoms with van der Waals surface area (Å²) >= 11 is 1.24. The molecule has 0 aliphatic carbocycles. The number of ether oxygens (including phenoxy) is 2. The molecule has 114 valence electrons. The zero-order valence-electron chi connectivity index (χ0n) is 11.5. The highest BCUT2D eigenvalue weighted by molar-refractivity contribution is 7.12. The van der Waals surface area contributed by atoms with Crippen molar-refractivity contribution in [3.8, 4) is 5.75 Å². The molecule has 0 radical (unpaired) electrons. The summed E-state index contributed by atoms with van der Waals surface area (Å²) in [6, 6.07) is 7.03. The number of carbonyl (C=O) groups excluding carboxylic acids is 2. The minimum atomic E-state index is -0.810. The number of rotatable bonds is 6. The van der Waals surface area contributed by atoms with Crippen LogP contribution >= 0.6 is 11.3 Å². The molecule has 2 rings (SSSR count). The minimum absolute atomic E-state index is 0.0218. The van der Waals surface area contributed by atoms with Crippen LogP contribution in [0.25, 0.3) is 0 Å². The van der Waals surface area contributed by atoms with E-state index in [1.165, 1.54) is 30.6 Å². The van der Waals surface area contributed by atoms with Gasteiger partial charge >= 0.3 is 11.7 Å². The van der Waals surface area contributed by atoms with Crippen LogP contribution in [0.15, 0.2) is 35.7 Å². The maximum atomic E-state index is 11.9. The SMILES string of the molecule is COc1ccc(C(=O)OCC(=O)c2cccs2)cc1[N+](=O)[O-]. The molecule has 0 fully saturated rings. The summed E-state index contributed by atoms with van der Waals surface area (Å²) in [4.78, 5) is 34.3. The van der Waals surface area contributed by atoms with Crippen LogP contribution in [-0.4, -0.2) is 30.4 Å². The molecule has 22 heavy (non-hydrogen) atoms. The number of methoxy groups -OCH3 is 1. The number of benzene rings is 1. The van der Waals surface area contributed by atoms with Crippen molar-refractivity contribution in [3.05, 3.63) is 56.3 Å². The van der Waals surface area contributed by atoms with Crippen LogP contribution in [-0.2, 0) is 4.74 Å². The zero-order valence-corrected chi connectivity index (χ0v) is 12.3. The average Bonchev–Trinajstić information content (AvgIpc) is 3.06. The van der Waals surface area contributed by atoms with Crippen molar-refractivity contribution >= 4 is 28.8 Å². The van der Waals surface area contributed by atoms with Gasteiger partial charge in [-0.2, -0.15) is 0 Å². The molecule has 0 aliphatic heterocycles. The number of ketones is 1. The van der Waals surface area contributed by atoms with Crippen molar-refractivity contribution in [2.75, 3.05) is 13.7 Å². The molecule has 8 heteroatoms. The fraction of sp³-hybridized carbons (Fsp3) is 0.143. The van der Waals surface area contributed by atoms with E-state index in [1.54, 1.807) is 17.5 Å². The van der Waals surface area contributed by atoms with E-state index in [9.17, 15) is 19.7 Å². The van der Waals surface area contributed by atoms with Gasteiger partial charge in [-0.15, -0.1) is 11.3 Å². The summed E-state index contributed by atoms with van der Waals surface area (Å²) in [5.74, 6) is -1.10. The lowest BCUT2D eigenvalue weighted by Crippen LogP contribution is -2.13. The quantitative estimate of drug-likeness (QED) is 0.351. The van der Waals surface area contributed by atoms with Crippen LogP contribution in [0, 0.1) is 10.1 Å². The van der Waals surface area contributed by atoms with E-state index in [2.05, 4.69) is 0 Å². The number of Topliss-reactive ketones (excluding diaryl/α,β-unsaturated/α-hetero) is 1. The zero-order chi connectivity index (χ0) is 16.1. The second kappa shape index (κ2) is 6.81. The number of nitrogens with zero attached hydrogens (tertiary/aromatic N) is 1. The minimum Gasteiger partial charge on any atom is -0.490 e. The molecule has 0 atom stereocenters. The van der Waals surface area contributed by atoms with Gasteiger partial charge in [0.25, 0.3) is 0 Å². The Morgan fingerprint density at radius 3 is 2.68 bits per heavy atom. The highest BCUT2D eigenvalue weighted by atomic mass is 32.1. The molecule has 0 saturated carbocycles. The van der Waals surface area contributed by atoms with Crippen molar-refractivity contribution in [1.29, 1.82) is 0 Å². The van der Waals surface area contributed by atoms with E-state index >= 15 is 0 Å². The molecule has 0 unspecified atom stereocenters. The molecular formula is C14H11NO6S. The molecule has 1 aromatic carbocycles. The third kappa shape index (κ3) is 3.47. The molecule has 0 saturated heterocycles. The molecule has 1 heterocycles. The highest BCUT2D eigenvalue weighted by Gasteiger charge is 2.19. The summed E-state index contributed by atoms with van der Waals surface area (Å²) in [7, 11) is 1.29. The van der Waals surface area contributed by atoms with Crippen molar-refractivity contribution < 1.29 is 24.0 Å². The van der Waals surface area contributed by atoms with E-state index in [1.807, 2.05) is 0 Å². The maximum absolute atomic E-state index is 11.9. The van der Waals surface area contributed by atoms with Gasteiger partial charge < -0.3 is 9.47 Å². The van der Waals surface area contributed by atoms with Gasteiger partial charge in [-0.25, -0.2) is 4.79 Å². The van der Waals surface area contributed by atoms with Crippen LogP contribution in [0.3, 0.4) is 0 Å². The van der Waals surface area contributed by atoms with Gasteiger partial charge in [0.2, 0.25) is 5.78 Å². The average molecular weight is 321 g/mol. The fourth-order valence-electron chi connectivity index (χ4n) is 1.68. The van der Waals surface area contributed by atoms with Crippen LogP contribution < -0.4 is 4.74 Å². The topological polar surface area (TPSA) is 95.7 Å². The Balaban J connectivity index is 2.08. The number of carbonyl (C=O) groups is 2. The lowest BCUT2D eigenvalue weighted by molar-refractivity contribution is -0.385. The first kappa shape index (κ1) is 15.6. The summed E-state index contributed by atoms with van der Waals surface area (Å²) in [6.07, 6.45) is 0. The van der Waals surface area contributed by atoms with Crippen LogP contribution in [0.5, 0.6) is 5.75 Å². The maximum Gasteiger partial charge on any atom is 0.338 e. The Bertz CT molecular complexity index is 710. The summed E-state index contributed by atoms with van der Waals surface area (Å²) in [5.41, 5.74) is -0.368. The van der Waals surface area contributed by atoms with Gasteiger partial charge in [-0.3, -0.25) is 14.9 Å². The van der Waals surface area contributed by atoms with Gasteiger partial charge in [0.1, 0.15) is 0 Å². The Labute approximate surface area is 129 Å². The predicted molar refractivity (Wildman–Crippen MR) is 78.6 cm³/mol. The largest absolute Gasteiger partial charge is 0.490 e. The smallest absolute Gasteiger partial charge is 0.338 e. The third-order valence-corrected chi connectivity index (χ3v) is 3.65. The number of thiophene rings is 1. The first-order valence-electron chi connectivity index (χ1n) is 6.09. The van der Waals surface area contributed by atoms with E-state index in [4.69, 9.17) is 9.47 Å². The van der Waals surface area contributed by atoms with Gasteiger partial charge in [0, 0.05) is 6.07 Å². The number of nitro groups is 1. The Morgan fingerprint density at radius 2 is 2.09 bits per heavy atom. The molecule has 1 aromatic heterocycles. The lowest BCUT2D eigenvalue weighted by Gasteiger charge is -2.05. The predicted octanol–water partition coefficient (Wildman–Crippen LogP) is 2.70. The summed E-state index contributed by atoms with van der Waals surface area (Å²) < 4.78 is 9.72. The normalized spacial score (nSPS) is 10.0. The second-order valence-electron chi connectivity index (χ2n) is 4.12. The van der Waals surface area contributed by atoms with Crippen molar-refractivity contribution in [1.82, 2.24) is 0 Å². The van der Waals surface area contributed by atoms with E-state index in [-0.39, 0.29) is 22.8 Å². The van der Waals surface area contributed by atoms with Gasteiger partial charge in [-0.05, 0) is 23.6 Å². The van der Waals surface area contributed by atoms with E-state index < -0.39 is 17.5 Å². The monoisotopic (exact) mass is 321 g/mol. The van der Waals surface area contributed by atoms with Crippen molar-refractivity contribution in [3.63, 3.8) is 0 Å². The van der Waals surface area contributed by atoms with Crippen LogP contribution in [0.1, 0.15) is 20.0 Å². The van der Waals surface area contributed by atoms with Crippen LogP contribution in [0.4, 0.5) is 5.69 Å². The number of hydrogen-bond acceptors (Lipinski definition) is 7. The molecule has 0 aliphatic rings. The van der Waals surface area contributed by atoms with Crippen molar-refractivity contribution in [2.24, 2.45) is 0 Å². The molecule has 0 bridgehead atoms. The third-order valence-electron chi connectivity index (χ3n) is 2.74. The second-order valence-corrected chi connectivity index (χ2v) is 5.07. The lowest BCUT2D eigenvalue weighted by atomic mass is 10.2. The van der Waals surface area contributed by atoms with Crippen molar-refractivity contribution in [2.45, 2.75) is 0 Å². The van der Waals surface area contributed by atoms with Crippen LogP contribution in [0.2, 0.25) is 0 Å². The number of hydrogen-bond donors (Lipinski definition) is 0. The summed E-state index contributed by atoms with van der Waals surface area (Å²) in [6.45, 7) is -0.417. The highest BCUT2D eigenvalue weighted by Crippen LogP contribution is 2.27. The van der Waals surface area contributed by atoms with E-state index in [0.29, 0.717) is 4.88 Å². The molecule has 0 N–H and O–H groups in total. The number of esters is 1. The Hall–Kier alpha value is -2.74. The number of nitro benzene ring substituents is 1. The fourth-order valence-corrected chi connectivity index (χ4v) is 2.33. The summed E-state index contributed by atoms with van der Waals surface area (Å²) in [5, 5.41) is 12.6. The first-order valence-corrected chi connectivity index (χ1v) is 6.97.